The molecule has 4 nitrogen and oxygen atoms in total. The third kappa shape index (κ3) is 4.32. The molecule has 6 heteroatoms. The molecule has 0 aromatic heterocycles. The van der Waals surface area contributed by atoms with Gasteiger partial charge in [0.1, 0.15) is 0 Å². The van der Waals surface area contributed by atoms with Gasteiger partial charge in [0.15, 0.2) is 6.04 Å². The molecule has 0 saturated carbocycles. The van der Waals surface area contributed by atoms with E-state index in [1.54, 1.807) is 18.2 Å². The summed E-state index contributed by atoms with van der Waals surface area (Å²) >= 11 is 5.48. The maximum Gasteiger partial charge on any atom is 0.333 e. The van der Waals surface area contributed by atoms with E-state index >= 15 is 0 Å². The van der Waals surface area contributed by atoms with Gasteiger partial charge in [-0.15, -0.1) is 0 Å². The van der Waals surface area contributed by atoms with Crippen LogP contribution in [0.25, 0.3) is 0 Å². The molecule has 0 bridgehead atoms. The third-order valence-corrected chi connectivity index (χ3v) is 5.31. The summed E-state index contributed by atoms with van der Waals surface area (Å²) in [5.74, 6) is -0.820. The molecule has 0 spiro atoms. The molecule has 0 aliphatic heterocycles. The number of halogens is 2. The van der Waals surface area contributed by atoms with E-state index in [2.05, 4.69) is 43.8 Å². The molecule has 0 saturated heterocycles. The normalized spacial score (nSPS) is 11.7. The standard InChI is InChI=1S/C17H15BrINO3/c1-10-4-3-5-13(14(10)19)16(21)20-15(17(22)23-2)11-6-8-12(18)9-7-11/h3-9,15H,1-2H3,(H,20,21). The lowest BCUT2D eigenvalue weighted by atomic mass is 10.1. The summed E-state index contributed by atoms with van der Waals surface area (Å²) in [5, 5.41) is 2.75. The number of ether oxygens (including phenoxy) is 1. The highest BCUT2D eigenvalue weighted by atomic mass is 127. The molecule has 0 radical (unpaired) electrons. The van der Waals surface area contributed by atoms with E-state index in [1.165, 1.54) is 7.11 Å². The van der Waals surface area contributed by atoms with E-state index in [1.807, 2.05) is 31.2 Å². The van der Waals surface area contributed by atoms with Crippen LogP contribution < -0.4 is 5.32 Å². The van der Waals surface area contributed by atoms with Crippen LogP contribution in [0.1, 0.15) is 27.5 Å². The van der Waals surface area contributed by atoms with Crippen molar-refractivity contribution in [1.82, 2.24) is 5.32 Å². The second kappa shape index (κ2) is 7.92. The predicted octanol–water partition coefficient (Wildman–Crippen LogP) is 4.01. The average Bonchev–Trinajstić information content (AvgIpc) is 2.55. The summed E-state index contributed by atoms with van der Waals surface area (Å²) in [6.45, 7) is 1.94. The molecule has 1 N–H and O–H groups in total. The van der Waals surface area contributed by atoms with Crippen LogP contribution in [0.15, 0.2) is 46.9 Å². The van der Waals surface area contributed by atoms with Gasteiger partial charge in [-0.2, -0.15) is 0 Å². The largest absolute Gasteiger partial charge is 0.467 e. The summed E-state index contributed by atoms with van der Waals surface area (Å²) in [6.07, 6.45) is 0. The van der Waals surface area contributed by atoms with Crippen molar-refractivity contribution in [2.45, 2.75) is 13.0 Å². The lowest BCUT2D eigenvalue weighted by molar-refractivity contribution is -0.143. The van der Waals surface area contributed by atoms with Crippen LogP contribution in [0.3, 0.4) is 0 Å². The van der Waals surface area contributed by atoms with Crippen LogP contribution in [-0.2, 0) is 9.53 Å². The van der Waals surface area contributed by atoms with Gasteiger partial charge in [-0.05, 0) is 58.8 Å². The Morgan fingerprint density at radius 2 is 1.83 bits per heavy atom. The Morgan fingerprint density at radius 1 is 1.17 bits per heavy atom. The lowest BCUT2D eigenvalue weighted by Crippen LogP contribution is -2.35. The van der Waals surface area contributed by atoms with E-state index in [4.69, 9.17) is 4.74 Å². The number of nitrogens with one attached hydrogen (secondary N) is 1. The molecule has 0 aliphatic carbocycles. The van der Waals surface area contributed by atoms with Gasteiger partial charge in [-0.25, -0.2) is 4.79 Å². The molecule has 2 rings (SSSR count). The first-order chi connectivity index (χ1) is 10.9. The number of carbonyl (C=O) groups excluding carboxylic acids is 2. The van der Waals surface area contributed by atoms with Crippen LogP contribution in [-0.4, -0.2) is 19.0 Å². The molecule has 2 aromatic rings. The van der Waals surface area contributed by atoms with Gasteiger partial charge in [-0.1, -0.05) is 40.2 Å². The highest BCUT2D eigenvalue weighted by molar-refractivity contribution is 14.1. The maximum atomic E-state index is 12.6. The number of aryl methyl sites for hydroxylation is 1. The number of hydrogen-bond acceptors (Lipinski definition) is 3. The van der Waals surface area contributed by atoms with E-state index in [9.17, 15) is 9.59 Å². The van der Waals surface area contributed by atoms with Crippen LogP contribution in [0.4, 0.5) is 0 Å². The number of methoxy groups -OCH3 is 1. The molecular formula is C17H15BrINO3. The van der Waals surface area contributed by atoms with Gasteiger partial charge < -0.3 is 10.1 Å². The van der Waals surface area contributed by atoms with Crippen LogP contribution in [0.5, 0.6) is 0 Å². The highest BCUT2D eigenvalue weighted by Crippen LogP contribution is 2.21. The minimum Gasteiger partial charge on any atom is -0.467 e. The fraction of sp³-hybridized carbons (Fsp3) is 0.176. The van der Waals surface area contributed by atoms with Crippen LogP contribution in [0.2, 0.25) is 0 Å². The Kier molecular flexibility index (Phi) is 6.17. The average molecular weight is 488 g/mol. The number of carbonyl (C=O) groups is 2. The summed E-state index contributed by atoms with van der Waals surface area (Å²) in [5.41, 5.74) is 2.21. The number of rotatable bonds is 4. The van der Waals surface area contributed by atoms with Gasteiger partial charge >= 0.3 is 5.97 Å². The second-order valence-electron chi connectivity index (χ2n) is 4.92. The van der Waals surface area contributed by atoms with Crippen molar-refractivity contribution in [3.8, 4) is 0 Å². The molecule has 1 amide bonds. The number of amides is 1. The number of benzene rings is 2. The van der Waals surface area contributed by atoms with Gasteiger partial charge in [0.2, 0.25) is 0 Å². The number of esters is 1. The Morgan fingerprint density at radius 3 is 2.43 bits per heavy atom. The zero-order valence-corrected chi connectivity index (χ0v) is 16.3. The van der Waals surface area contributed by atoms with Crippen molar-refractivity contribution in [3.05, 3.63) is 67.2 Å². The SMILES string of the molecule is COC(=O)C(NC(=O)c1cccc(C)c1I)c1ccc(Br)cc1. The first-order valence-electron chi connectivity index (χ1n) is 6.83. The zero-order chi connectivity index (χ0) is 17.0. The molecule has 1 atom stereocenters. The lowest BCUT2D eigenvalue weighted by Gasteiger charge is -2.18. The first-order valence-corrected chi connectivity index (χ1v) is 8.70. The van der Waals surface area contributed by atoms with Crippen molar-refractivity contribution in [2.75, 3.05) is 7.11 Å². The minimum atomic E-state index is -0.850. The molecular weight excluding hydrogens is 473 g/mol. The summed E-state index contributed by atoms with van der Waals surface area (Å²) in [4.78, 5) is 24.6. The minimum absolute atomic E-state index is 0.309. The van der Waals surface area contributed by atoms with Crippen molar-refractivity contribution in [2.24, 2.45) is 0 Å². The Labute approximate surface area is 156 Å². The Balaban J connectivity index is 2.31. The highest BCUT2D eigenvalue weighted by Gasteiger charge is 2.25. The van der Waals surface area contributed by atoms with Gasteiger partial charge in [0, 0.05) is 8.04 Å². The zero-order valence-electron chi connectivity index (χ0n) is 12.6. The van der Waals surface area contributed by atoms with E-state index < -0.39 is 12.0 Å². The van der Waals surface area contributed by atoms with Gasteiger partial charge in [0.05, 0.1) is 12.7 Å². The van der Waals surface area contributed by atoms with Gasteiger partial charge in [-0.3, -0.25) is 4.79 Å². The molecule has 120 valence electrons. The molecule has 0 aliphatic rings. The number of hydrogen-bond donors (Lipinski definition) is 1. The summed E-state index contributed by atoms with van der Waals surface area (Å²) in [6, 6.07) is 11.8. The fourth-order valence-corrected chi connectivity index (χ4v) is 2.95. The smallest absolute Gasteiger partial charge is 0.333 e. The quantitative estimate of drug-likeness (QED) is 0.523. The van der Waals surface area contributed by atoms with Crippen LogP contribution >= 0.6 is 38.5 Å². The van der Waals surface area contributed by atoms with Crippen molar-refractivity contribution in [3.63, 3.8) is 0 Å². The molecule has 0 heterocycles. The third-order valence-electron chi connectivity index (χ3n) is 3.35. The van der Waals surface area contributed by atoms with Crippen molar-refractivity contribution >= 4 is 50.4 Å². The molecule has 2 aromatic carbocycles. The summed E-state index contributed by atoms with van der Waals surface area (Å²) in [7, 11) is 1.30. The van der Waals surface area contributed by atoms with E-state index in [-0.39, 0.29) is 5.91 Å². The van der Waals surface area contributed by atoms with Crippen molar-refractivity contribution < 1.29 is 14.3 Å². The van der Waals surface area contributed by atoms with Crippen LogP contribution in [0, 0.1) is 10.5 Å². The second-order valence-corrected chi connectivity index (χ2v) is 6.91. The Bertz CT molecular complexity index is 731. The van der Waals surface area contributed by atoms with Gasteiger partial charge in [0.25, 0.3) is 5.91 Å². The fourth-order valence-electron chi connectivity index (χ4n) is 2.08. The molecule has 1 unspecified atom stereocenters. The summed E-state index contributed by atoms with van der Waals surface area (Å²) < 4.78 is 6.58. The first kappa shape index (κ1) is 17.9. The molecule has 0 fully saturated rings. The van der Waals surface area contributed by atoms with Crippen molar-refractivity contribution in [1.29, 1.82) is 0 Å². The topological polar surface area (TPSA) is 55.4 Å². The van der Waals surface area contributed by atoms with E-state index in [0.29, 0.717) is 11.1 Å². The Hall–Kier alpha value is -1.41. The maximum absolute atomic E-state index is 12.6. The monoisotopic (exact) mass is 487 g/mol. The van der Waals surface area contributed by atoms with E-state index in [0.717, 1.165) is 13.6 Å². The molecule has 23 heavy (non-hydrogen) atoms. The predicted molar refractivity (Wildman–Crippen MR) is 100 cm³/mol.